The lowest BCUT2D eigenvalue weighted by molar-refractivity contribution is 1.01. The number of imidazole rings is 1. The fourth-order valence-electron chi connectivity index (χ4n) is 1.56. The van der Waals surface area contributed by atoms with Gasteiger partial charge in [-0.3, -0.25) is 0 Å². The van der Waals surface area contributed by atoms with Gasteiger partial charge in [-0.2, -0.15) is 0 Å². The van der Waals surface area contributed by atoms with Gasteiger partial charge in [0.2, 0.25) is 0 Å². The molecule has 0 aliphatic rings. The van der Waals surface area contributed by atoms with Crippen LogP contribution in [0.3, 0.4) is 0 Å². The van der Waals surface area contributed by atoms with Crippen LogP contribution in [0, 0.1) is 6.92 Å². The number of hydrogen-bond donors (Lipinski definition) is 2. The Balaban J connectivity index is 2.58. The van der Waals surface area contributed by atoms with E-state index in [1.807, 2.05) is 6.07 Å². The summed E-state index contributed by atoms with van der Waals surface area (Å²) < 4.78 is 1.05. The van der Waals surface area contributed by atoms with Crippen LogP contribution in [0.5, 0.6) is 0 Å². The molecule has 0 aliphatic heterocycles. The van der Waals surface area contributed by atoms with Gasteiger partial charge in [0.05, 0.1) is 17.7 Å². The molecule has 15 heavy (non-hydrogen) atoms. The molecule has 0 spiro atoms. The van der Waals surface area contributed by atoms with Crippen molar-refractivity contribution in [3.63, 3.8) is 0 Å². The Bertz CT molecular complexity index is 476. The van der Waals surface area contributed by atoms with Crippen LogP contribution in [0.4, 0.5) is 0 Å². The van der Waals surface area contributed by atoms with Crippen molar-refractivity contribution in [2.24, 2.45) is 5.73 Å². The zero-order valence-electron chi connectivity index (χ0n) is 8.42. The number of nitrogens with one attached hydrogen (secondary N) is 1. The van der Waals surface area contributed by atoms with Gasteiger partial charge in [-0.15, -0.1) is 0 Å². The van der Waals surface area contributed by atoms with E-state index in [0.29, 0.717) is 6.54 Å². The summed E-state index contributed by atoms with van der Waals surface area (Å²) in [5, 5.41) is 0. The smallest absolute Gasteiger partial charge is 0.0929 e. The molecule has 1 heterocycles. The molecular weight excluding hydrogens is 254 g/mol. The number of hydrogen-bond acceptors (Lipinski definition) is 2. The largest absolute Gasteiger partial charge is 0.347 e. The number of aryl methyl sites for hydroxylation is 1. The van der Waals surface area contributed by atoms with Gasteiger partial charge in [0.1, 0.15) is 0 Å². The van der Waals surface area contributed by atoms with Crippen LogP contribution in [0.1, 0.15) is 11.3 Å². The molecule has 0 fully saturated rings. The molecular formula is C11H12BrN3. The van der Waals surface area contributed by atoms with Crippen LogP contribution in [0.25, 0.3) is 11.3 Å². The first kappa shape index (κ1) is 10.4. The number of nitrogens with two attached hydrogens (primary N) is 1. The predicted octanol–water partition coefficient (Wildman–Crippen LogP) is 2.61. The topological polar surface area (TPSA) is 54.7 Å². The summed E-state index contributed by atoms with van der Waals surface area (Å²) in [4.78, 5) is 7.35. The van der Waals surface area contributed by atoms with Crippen molar-refractivity contribution in [3.05, 3.63) is 40.3 Å². The van der Waals surface area contributed by atoms with E-state index >= 15 is 0 Å². The van der Waals surface area contributed by atoms with Crippen molar-refractivity contribution in [2.45, 2.75) is 13.5 Å². The lowest BCUT2D eigenvalue weighted by Crippen LogP contribution is -1.99. The van der Waals surface area contributed by atoms with Crippen molar-refractivity contribution in [2.75, 3.05) is 0 Å². The molecule has 1 aromatic heterocycles. The number of nitrogens with zero attached hydrogens (tertiary/aromatic N) is 1. The maximum atomic E-state index is 5.64. The van der Waals surface area contributed by atoms with Crippen LogP contribution in [-0.2, 0) is 6.54 Å². The Morgan fingerprint density at radius 3 is 3.00 bits per heavy atom. The highest BCUT2D eigenvalue weighted by atomic mass is 79.9. The van der Waals surface area contributed by atoms with E-state index in [-0.39, 0.29) is 0 Å². The predicted molar refractivity (Wildman–Crippen MR) is 64.4 cm³/mol. The first-order chi connectivity index (χ1) is 7.22. The van der Waals surface area contributed by atoms with Crippen molar-refractivity contribution < 1.29 is 0 Å². The molecule has 0 bridgehead atoms. The zero-order valence-corrected chi connectivity index (χ0v) is 10.0. The summed E-state index contributed by atoms with van der Waals surface area (Å²) in [5.41, 5.74) is 9.86. The highest BCUT2D eigenvalue weighted by Gasteiger charge is 2.09. The third-order valence-electron chi connectivity index (χ3n) is 2.38. The van der Waals surface area contributed by atoms with Gasteiger partial charge in [0, 0.05) is 16.6 Å². The molecule has 0 saturated carbocycles. The quantitative estimate of drug-likeness (QED) is 0.877. The molecule has 0 saturated heterocycles. The molecule has 0 radical (unpaired) electrons. The van der Waals surface area contributed by atoms with Gasteiger partial charge in [-0.25, -0.2) is 4.98 Å². The van der Waals surface area contributed by atoms with Gasteiger partial charge >= 0.3 is 0 Å². The summed E-state index contributed by atoms with van der Waals surface area (Å²) in [5.74, 6) is 0. The molecule has 0 aliphatic carbocycles. The Kier molecular flexibility index (Phi) is 2.88. The molecule has 2 aromatic rings. The first-order valence-electron chi connectivity index (χ1n) is 4.71. The minimum absolute atomic E-state index is 0.473. The Labute approximate surface area is 96.9 Å². The van der Waals surface area contributed by atoms with Crippen LogP contribution in [0.2, 0.25) is 0 Å². The third-order valence-corrected chi connectivity index (χ3v) is 2.87. The zero-order chi connectivity index (χ0) is 10.8. The summed E-state index contributed by atoms with van der Waals surface area (Å²) in [6, 6.07) is 6.15. The normalized spacial score (nSPS) is 10.6. The molecule has 0 unspecified atom stereocenters. The number of H-pyrrole nitrogens is 1. The molecule has 3 N–H and O–H groups in total. The molecule has 78 valence electrons. The summed E-state index contributed by atoms with van der Waals surface area (Å²) in [6.07, 6.45) is 1.68. The monoisotopic (exact) mass is 265 g/mol. The van der Waals surface area contributed by atoms with Gasteiger partial charge in [-0.05, 0) is 24.6 Å². The SMILES string of the molecule is Cc1ccc(Br)cc1-c1nc[nH]c1CN. The van der Waals surface area contributed by atoms with Crippen molar-refractivity contribution in [3.8, 4) is 11.3 Å². The van der Waals surface area contributed by atoms with E-state index in [1.165, 1.54) is 5.56 Å². The summed E-state index contributed by atoms with van der Waals surface area (Å²) in [6.45, 7) is 2.54. The second kappa shape index (κ2) is 4.16. The molecule has 0 atom stereocenters. The van der Waals surface area contributed by atoms with Crippen molar-refractivity contribution in [1.29, 1.82) is 0 Å². The van der Waals surface area contributed by atoms with Crippen molar-refractivity contribution >= 4 is 15.9 Å². The molecule has 4 heteroatoms. The summed E-state index contributed by atoms with van der Waals surface area (Å²) in [7, 11) is 0. The number of benzene rings is 1. The highest BCUT2D eigenvalue weighted by molar-refractivity contribution is 9.10. The molecule has 0 amide bonds. The van der Waals surface area contributed by atoms with Gasteiger partial charge < -0.3 is 10.7 Å². The Hall–Kier alpha value is -1.13. The van der Waals surface area contributed by atoms with E-state index < -0.39 is 0 Å². The maximum absolute atomic E-state index is 5.64. The van der Waals surface area contributed by atoms with Crippen LogP contribution >= 0.6 is 15.9 Å². The molecule has 1 aromatic carbocycles. The van der Waals surface area contributed by atoms with Crippen LogP contribution in [0.15, 0.2) is 29.0 Å². The van der Waals surface area contributed by atoms with E-state index in [1.54, 1.807) is 6.33 Å². The standard InChI is InChI=1S/C11H12BrN3/c1-7-2-3-8(12)4-9(7)11-10(5-13)14-6-15-11/h2-4,6H,5,13H2,1H3,(H,14,15). The highest BCUT2D eigenvalue weighted by Crippen LogP contribution is 2.27. The van der Waals surface area contributed by atoms with E-state index in [4.69, 9.17) is 5.73 Å². The minimum Gasteiger partial charge on any atom is -0.347 e. The number of aromatic nitrogens is 2. The van der Waals surface area contributed by atoms with E-state index in [9.17, 15) is 0 Å². The molecule has 2 rings (SSSR count). The van der Waals surface area contributed by atoms with E-state index in [0.717, 1.165) is 21.4 Å². The average Bonchev–Trinajstić information content (AvgIpc) is 2.69. The van der Waals surface area contributed by atoms with Crippen LogP contribution < -0.4 is 5.73 Å². The number of rotatable bonds is 2. The maximum Gasteiger partial charge on any atom is 0.0929 e. The third kappa shape index (κ3) is 1.96. The van der Waals surface area contributed by atoms with Gasteiger partial charge in [0.15, 0.2) is 0 Å². The average molecular weight is 266 g/mol. The Morgan fingerprint density at radius 1 is 1.47 bits per heavy atom. The van der Waals surface area contributed by atoms with Crippen LogP contribution in [-0.4, -0.2) is 9.97 Å². The first-order valence-corrected chi connectivity index (χ1v) is 5.50. The summed E-state index contributed by atoms with van der Waals surface area (Å²) >= 11 is 3.46. The second-order valence-electron chi connectivity index (χ2n) is 3.39. The minimum atomic E-state index is 0.473. The van der Waals surface area contributed by atoms with Gasteiger partial charge in [-0.1, -0.05) is 22.0 Å². The molecule has 3 nitrogen and oxygen atoms in total. The lowest BCUT2D eigenvalue weighted by Gasteiger charge is -2.05. The van der Waals surface area contributed by atoms with E-state index in [2.05, 4.69) is 45.0 Å². The second-order valence-corrected chi connectivity index (χ2v) is 4.31. The Morgan fingerprint density at radius 2 is 2.27 bits per heavy atom. The fraction of sp³-hybridized carbons (Fsp3) is 0.182. The fourth-order valence-corrected chi connectivity index (χ4v) is 1.92. The number of halogens is 1. The lowest BCUT2D eigenvalue weighted by atomic mass is 10.0. The number of aromatic amines is 1. The van der Waals surface area contributed by atoms with Gasteiger partial charge in [0.25, 0.3) is 0 Å². The van der Waals surface area contributed by atoms with Crippen molar-refractivity contribution in [1.82, 2.24) is 9.97 Å².